The van der Waals surface area contributed by atoms with Crippen LogP contribution in [0.3, 0.4) is 0 Å². The van der Waals surface area contributed by atoms with Crippen LogP contribution in [0.15, 0.2) is 24.3 Å². The van der Waals surface area contributed by atoms with Crippen molar-refractivity contribution in [3.05, 3.63) is 30.0 Å². The van der Waals surface area contributed by atoms with Crippen LogP contribution >= 0.6 is 22.6 Å². The van der Waals surface area contributed by atoms with Crippen molar-refractivity contribution in [1.29, 1.82) is 0 Å². The van der Waals surface area contributed by atoms with Gasteiger partial charge in [0, 0.05) is 46.5 Å². The van der Waals surface area contributed by atoms with Crippen LogP contribution in [0.1, 0.15) is 75.2 Å². The van der Waals surface area contributed by atoms with Gasteiger partial charge in [-0.3, -0.25) is 14.3 Å². The van der Waals surface area contributed by atoms with E-state index in [0.717, 1.165) is 68.8 Å². The van der Waals surface area contributed by atoms with E-state index in [1.54, 1.807) is 22.6 Å². The van der Waals surface area contributed by atoms with Crippen LogP contribution < -0.4 is 10.6 Å². The minimum Gasteiger partial charge on any atom is -0.443 e. The summed E-state index contributed by atoms with van der Waals surface area (Å²) >= 11 is 1.66. The molecular formula is C26H33IN4O4. The predicted octanol–water partition coefficient (Wildman–Crippen LogP) is 4.74. The summed E-state index contributed by atoms with van der Waals surface area (Å²) in [5.41, 5.74) is 0.479. The zero-order valence-corrected chi connectivity index (χ0v) is 22.3. The predicted molar refractivity (Wildman–Crippen MR) is 140 cm³/mol. The average molecular weight is 592 g/mol. The van der Waals surface area contributed by atoms with Crippen molar-refractivity contribution in [3.8, 4) is 0 Å². The lowest BCUT2D eigenvalue weighted by atomic mass is 9.51. The van der Waals surface area contributed by atoms with Crippen molar-refractivity contribution in [2.45, 2.75) is 82.4 Å². The highest BCUT2D eigenvalue weighted by Gasteiger charge is 2.60. The molecule has 4 fully saturated rings. The molecule has 8 nitrogen and oxygen atoms in total. The number of hydrogen-bond donors (Lipinski definition) is 2. The summed E-state index contributed by atoms with van der Waals surface area (Å²) in [5.74, 6) is 0.685. The number of fused-ring (bicyclic) bond motifs is 1. The maximum atomic E-state index is 13.6. The molecule has 2 N–H and O–H groups in total. The molecular weight excluding hydrogens is 559 g/mol. The first kappa shape index (κ1) is 24.5. The Kier molecular flexibility index (Phi) is 6.80. The summed E-state index contributed by atoms with van der Waals surface area (Å²) in [5, 5.41) is 11.6. The Bertz CT molecular complexity index is 1130. The molecule has 35 heavy (non-hydrogen) atoms. The van der Waals surface area contributed by atoms with Crippen molar-refractivity contribution in [3.63, 3.8) is 0 Å². The second kappa shape index (κ2) is 9.71. The molecule has 4 bridgehead atoms. The highest BCUT2D eigenvalue weighted by Crippen LogP contribution is 2.59. The number of carbonyl (C=O) groups excluding carboxylic acids is 3. The van der Waals surface area contributed by atoms with E-state index in [-0.39, 0.29) is 16.2 Å². The molecule has 4 aliphatic rings. The molecule has 0 aliphatic heterocycles. The fourth-order valence-electron chi connectivity index (χ4n) is 7.10. The van der Waals surface area contributed by atoms with Crippen LogP contribution in [-0.2, 0) is 16.1 Å². The van der Waals surface area contributed by atoms with Gasteiger partial charge in [-0.1, -0.05) is 38.0 Å². The summed E-state index contributed by atoms with van der Waals surface area (Å²) in [6, 6.07) is 7.93. The van der Waals surface area contributed by atoms with Crippen LogP contribution in [0.25, 0.3) is 10.9 Å². The van der Waals surface area contributed by atoms with Gasteiger partial charge in [-0.2, -0.15) is 5.10 Å². The van der Waals surface area contributed by atoms with Crippen LogP contribution in [0.2, 0.25) is 0 Å². The fourth-order valence-corrected chi connectivity index (χ4v) is 7.29. The first-order valence-electron chi connectivity index (χ1n) is 12.7. The van der Waals surface area contributed by atoms with Crippen LogP contribution in [0.5, 0.6) is 0 Å². The Balaban J connectivity index is 1.35. The molecule has 1 heterocycles. The number of aryl methyl sites for hydroxylation is 1. The van der Waals surface area contributed by atoms with Crippen LogP contribution in [-0.4, -0.2) is 43.3 Å². The number of ether oxygens (including phenoxy) is 1. The monoisotopic (exact) mass is 592 g/mol. The number of benzene rings is 1. The van der Waals surface area contributed by atoms with Gasteiger partial charge in [-0.25, -0.2) is 4.79 Å². The maximum absolute atomic E-state index is 13.6. The van der Waals surface area contributed by atoms with Gasteiger partial charge >= 0.3 is 6.09 Å². The number of halogens is 1. The number of hydrogen-bond acceptors (Lipinski definition) is 5. The summed E-state index contributed by atoms with van der Waals surface area (Å²) in [6.45, 7) is 2.93. The minimum absolute atomic E-state index is 0.0435. The fraction of sp³-hybridized carbons (Fsp3) is 0.615. The minimum atomic E-state index is -0.586. The van der Waals surface area contributed by atoms with Gasteiger partial charge in [-0.05, 0) is 56.4 Å². The number of alkyl carbamates (subject to hydrolysis) is 1. The highest BCUT2D eigenvalue weighted by atomic mass is 127. The molecule has 6 rings (SSSR count). The molecule has 0 spiro atoms. The highest BCUT2D eigenvalue weighted by molar-refractivity contribution is 14.1. The van der Waals surface area contributed by atoms with Crippen LogP contribution in [0.4, 0.5) is 4.79 Å². The van der Waals surface area contributed by atoms with Crippen molar-refractivity contribution in [2.24, 2.45) is 11.8 Å². The van der Waals surface area contributed by atoms with E-state index < -0.39 is 17.2 Å². The van der Waals surface area contributed by atoms with Gasteiger partial charge in [0.05, 0.1) is 12.1 Å². The Morgan fingerprint density at radius 2 is 1.89 bits per heavy atom. The van der Waals surface area contributed by atoms with Crippen molar-refractivity contribution >= 4 is 49.3 Å². The van der Waals surface area contributed by atoms with Gasteiger partial charge < -0.3 is 15.4 Å². The molecule has 2 amide bonds. The topological polar surface area (TPSA) is 102 Å². The van der Waals surface area contributed by atoms with Gasteiger partial charge in [0.1, 0.15) is 5.60 Å². The van der Waals surface area contributed by atoms with E-state index in [1.165, 1.54) is 0 Å². The lowest BCUT2D eigenvalue weighted by Gasteiger charge is -2.61. The van der Waals surface area contributed by atoms with Crippen molar-refractivity contribution in [2.75, 3.05) is 6.54 Å². The van der Waals surface area contributed by atoms with Gasteiger partial charge in [0.15, 0.2) is 5.69 Å². The number of nitrogens with one attached hydrogen (secondary N) is 2. The second-order valence-corrected chi connectivity index (χ2v) is 12.0. The summed E-state index contributed by atoms with van der Waals surface area (Å²) in [6.07, 6.45) is 7.93. The smallest absolute Gasteiger partial charge is 0.408 e. The molecule has 2 unspecified atom stereocenters. The third-order valence-electron chi connectivity index (χ3n) is 7.91. The number of nitrogens with zero attached hydrogens (tertiary/aromatic N) is 2. The van der Waals surface area contributed by atoms with Gasteiger partial charge in [0.25, 0.3) is 5.91 Å². The number of rotatable bonds is 9. The Labute approximate surface area is 219 Å². The molecule has 1 aromatic carbocycles. The average Bonchev–Trinajstić information content (AvgIpc) is 3.15. The third-order valence-corrected chi connectivity index (χ3v) is 8.29. The number of carbonyl (C=O) groups is 3. The standard InChI is InChI=1S/C26H33IN4O4/c1-2-3-6-9-31-20-8-5-4-7-19(20)22(30-31)23(33)29-25-11-17-10-18(12-25)14-26(13-17,16-25)35-24(34)28-15-21(27)32/h4-5,7-8,17-18H,2-3,6,9-16H2,1H3,(H,28,34)(H,29,33). The first-order valence-corrected chi connectivity index (χ1v) is 13.8. The number of aromatic nitrogens is 2. The van der Waals surface area contributed by atoms with E-state index in [1.807, 2.05) is 28.9 Å². The normalized spacial score (nSPS) is 28.7. The number of para-hydroxylation sites is 1. The zero-order chi connectivity index (χ0) is 24.6. The molecule has 9 heteroatoms. The quantitative estimate of drug-likeness (QED) is 0.249. The summed E-state index contributed by atoms with van der Waals surface area (Å²) in [4.78, 5) is 37.3. The molecule has 0 radical (unpaired) electrons. The van der Waals surface area contributed by atoms with Gasteiger partial charge in [-0.15, -0.1) is 0 Å². The van der Waals surface area contributed by atoms with E-state index in [9.17, 15) is 14.4 Å². The van der Waals surface area contributed by atoms with E-state index in [2.05, 4.69) is 17.6 Å². The molecule has 2 aromatic rings. The Morgan fingerprint density at radius 3 is 2.60 bits per heavy atom. The van der Waals surface area contributed by atoms with Crippen molar-refractivity contribution < 1.29 is 19.1 Å². The SMILES string of the molecule is CCCCCn1nc(C(=O)NC23CC4CC(C2)CC(OC(=O)NCC(=O)I)(C4)C3)c2ccccc21. The molecule has 188 valence electrons. The van der Waals surface area contributed by atoms with E-state index in [4.69, 9.17) is 9.84 Å². The molecule has 0 saturated heterocycles. The molecule has 4 saturated carbocycles. The summed E-state index contributed by atoms with van der Waals surface area (Å²) in [7, 11) is 0. The van der Waals surface area contributed by atoms with Gasteiger partial charge in [0.2, 0.25) is 3.79 Å². The zero-order valence-electron chi connectivity index (χ0n) is 20.1. The Hall–Kier alpha value is -2.17. The number of unbranched alkanes of at least 4 members (excludes halogenated alkanes) is 2. The second-order valence-electron chi connectivity index (χ2n) is 10.8. The van der Waals surface area contributed by atoms with Crippen molar-refractivity contribution in [1.82, 2.24) is 20.4 Å². The summed E-state index contributed by atoms with van der Waals surface area (Å²) < 4.78 is 7.78. The largest absolute Gasteiger partial charge is 0.443 e. The number of amides is 2. The third kappa shape index (κ3) is 5.06. The molecule has 2 atom stereocenters. The van der Waals surface area contributed by atoms with E-state index in [0.29, 0.717) is 24.0 Å². The van der Waals surface area contributed by atoms with E-state index >= 15 is 0 Å². The lowest BCUT2D eigenvalue weighted by Crippen LogP contribution is -2.66. The van der Waals surface area contributed by atoms with Crippen LogP contribution in [0, 0.1) is 11.8 Å². The maximum Gasteiger partial charge on any atom is 0.408 e. The molecule has 1 aromatic heterocycles. The Morgan fingerprint density at radius 1 is 1.14 bits per heavy atom. The lowest BCUT2D eigenvalue weighted by molar-refractivity contribution is -0.141. The molecule has 4 aliphatic carbocycles. The first-order chi connectivity index (χ1) is 16.8.